The van der Waals surface area contributed by atoms with Crippen LogP contribution >= 0.6 is 22.9 Å². The Balaban J connectivity index is 1.71. The van der Waals surface area contributed by atoms with Crippen LogP contribution in [0.3, 0.4) is 0 Å². The van der Waals surface area contributed by atoms with E-state index >= 15 is 0 Å². The van der Waals surface area contributed by atoms with Gasteiger partial charge in [0.2, 0.25) is 0 Å². The largest absolute Gasteiger partial charge is 0.456 e. The molecule has 6 rings (SSSR count). The molecule has 2 heterocycles. The van der Waals surface area contributed by atoms with Crippen LogP contribution in [0, 0.1) is 0 Å². The Bertz CT molecular complexity index is 1490. The predicted molar refractivity (Wildman–Crippen MR) is 117 cm³/mol. The highest BCUT2D eigenvalue weighted by Crippen LogP contribution is 2.42. The normalized spacial score (nSPS) is 11.9. The molecule has 128 valence electrons. The van der Waals surface area contributed by atoms with Crippen LogP contribution in [0.1, 0.15) is 0 Å². The van der Waals surface area contributed by atoms with Gasteiger partial charge in [0.15, 0.2) is 0 Å². The highest BCUT2D eigenvalue weighted by atomic mass is 35.5. The zero-order valence-corrected chi connectivity index (χ0v) is 15.8. The van der Waals surface area contributed by atoms with Gasteiger partial charge in [0.05, 0.1) is 0 Å². The Morgan fingerprint density at radius 2 is 1.56 bits per heavy atom. The average molecular weight is 385 g/mol. The molecule has 0 atom stereocenters. The van der Waals surface area contributed by atoms with Crippen LogP contribution < -0.4 is 0 Å². The first-order valence-electron chi connectivity index (χ1n) is 8.80. The van der Waals surface area contributed by atoms with Crippen LogP contribution in [0.15, 0.2) is 83.3 Å². The molecule has 0 unspecified atom stereocenters. The third-order valence-corrected chi connectivity index (χ3v) is 6.52. The molecule has 0 aliphatic heterocycles. The molecule has 2 aromatic heterocycles. The molecule has 6 aromatic rings. The average Bonchev–Trinajstić information content (AvgIpc) is 3.25. The van der Waals surface area contributed by atoms with Crippen LogP contribution in [0.4, 0.5) is 0 Å². The summed E-state index contributed by atoms with van der Waals surface area (Å²) < 4.78 is 8.53. The van der Waals surface area contributed by atoms with Crippen molar-refractivity contribution in [3.05, 3.63) is 83.9 Å². The Labute approximate surface area is 164 Å². The lowest BCUT2D eigenvalue weighted by atomic mass is 9.98. The molecule has 0 saturated carbocycles. The number of furan rings is 1. The van der Waals surface area contributed by atoms with E-state index < -0.39 is 0 Å². The van der Waals surface area contributed by atoms with Crippen molar-refractivity contribution in [1.29, 1.82) is 0 Å². The molecule has 0 saturated heterocycles. The van der Waals surface area contributed by atoms with E-state index in [1.54, 1.807) is 0 Å². The zero-order chi connectivity index (χ0) is 18.0. The Hall–Kier alpha value is -2.81. The van der Waals surface area contributed by atoms with E-state index in [4.69, 9.17) is 16.0 Å². The monoisotopic (exact) mass is 384 g/mol. The summed E-state index contributed by atoms with van der Waals surface area (Å²) >= 11 is 8.11. The van der Waals surface area contributed by atoms with Crippen LogP contribution in [0.5, 0.6) is 0 Å². The summed E-state index contributed by atoms with van der Waals surface area (Å²) in [7, 11) is 0. The van der Waals surface area contributed by atoms with Gasteiger partial charge >= 0.3 is 0 Å². The number of rotatable bonds is 1. The predicted octanol–water partition coefficient (Wildman–Crippen LogP) is 8.27. The number of para-hydroxylation sites is 1. The fourth-order valence-electron chi connectivity index (χ4n) is 3.93. The minimum Gasteiger partial charge on any atom is -0.456 e. The van der Waals surface area contributed by atoms with E-state index in [-0.39, 0.29) is 0 Å². The van der Waals surface area contributed by atoms with Crippen LogP contribution in [-0.4, -0.2) is 0 Å². The number of hydrogen-bond acceptors (Lipinski definition) is 2. The van der Waals surface area contributed by atoms with Crippen molar-refractivity contribution in [2.75, 3.05) is 0 Å². The maximum atomic E-state index is 6.30. The number of thiophene rings is 1. The van der Waals surface area contributed by atoms with E-state index in [1.165, 1.54) is 31.3 Å². The molecule has 1 nitrogen and oxygen atoms in total. The molecule has 0 aliphatic carbocycles. The van der Waals surface area contributed by atoms with Crippen LogP contribution in [0.25, 0.3) is 53.2 Å². The second-order valence-electron chi connectivity index (χ2n) is 6.73. The molecule has 4 aromatic carbocycles. The molecule has 0 spiro atoms. The van der Waals surface area contributed by atoms with E-state index in [2.05, 4.69) is 60.7 Å². The zero-order valence-electron chi connectivity index (χ0n) is 14.2. The summed E-state index contributed by atoms with van der Waals surface area (Å²) in [4.78, 5) is 0. The summed E-state index contributed by atoms with van der Waals surface area (Å²) in [6, 6.07) is 27.3. The lowest BCUT2D eigenvalue weighted by molar-refractivity contribution is 0.669. The van der Waals surface area contributed by atoms with E-state index in [1.807, 2.05) is 29.5 Å². The summed E-state index contributed by atoms with van der Waals surface area (Å²) in [6.45, 7) is 0. The summed E-state index contributed by atoms with van der Waals surface area (Å²) in [5.41, 5.74) is 4.27. The van der Waals surface area contributed by atoms with Crippen molar-refractivity contribution in [1.82, 2.24) is 0 Å². The van der Waals surface area contributed by atoms with Gasteiger partial charge in [-0.1, -0.05) is 48.0 Å². The second kappa shape index (κ2) is 5.59. The molecule has 0 aliphatic rings. The molecular weight excluding hydrogens is 372 g/mol. The topological polar surface area (TPSA) is 13.1 Å². The SMILES string of the molecule is Clc1ccc2sc3cccc(-c4ccc5oc6ccccc6c5c4)c3c2c1. The van der Waals surface area contributed by atoms with Crippen molar-refractivity contribution >= 4 is 65.0 Å². The maximum Gasteiger partial charge on any atom is 0.135 e. The van der Waals surface area contributed by atoms with Gasteiger partial charge < -0.3 is 4.42 Å². The molecule has 27 heavy (non-hydrogen) atoms. The fourth-order valence-corrected chi connectivity index (χ4v) is 5.22. The summed E-state index contributed by atoms with van der Waals surface area (Å²) in [6.07, 6.45) is 0. The third kappa shape index (κ3) is 2.24. The smallest absolute Gasteiger partial charge is 0.135 e. The minimum atomic E-state index is 0.772. The van der Waals surface area contributed by atoms with Gasteiger partial charge in [-0.2, -0.15) is 0 Å². The summed E-state index contributed by atoms with van der Waals surface area (Å²) in [5, 5.41) is 5.56. The van der Waals surface area contributed by atoms with Crippen LogP contribution in [-0.2, 0) is 0 Å². The van der Waals surface area contributed by atoms with Gasteiger partial charge in [0.1, 0.15) is 11.2 Å². The standard InChI is InChI=1S/C24H13ClOS/c25-15-9-11-22-19(13-15)24-16(5-3-7-23(24)27-22)14-8-10-21-18(12-14)17-4-1-2-6-20(17)26-21/h1-13H. The van der Waals surface area contributed by atoms with Gasteiger partial charge in [0, 0.05) is 36.0 Å². The first-order valence-corrected chi connectivity index (χ1v) is 10.00. The number of benzene rings is 4. The first kappa shape index (κ1) is 15.3. The van der Waals surface area contributed by atoms with Crippen molar-refractivity contribution in [2.45, 2.75) is 0 Å². The number of hydrogen-bond donors (Lipinski definition) is 0. The highest BCUT2D eigenvalue weighted by molar-refractivity contribution is 7.26. The summed E-state index contributed by atoms with van der Waals surface area (Å²) in [5.74, 6) is 0. The number of halogens is 1. The van der Waals surface area contributed by atoms with Crippen molar-refractivity contribution in [3.8, 4) is 11.1 Å². The highest BCUT2D eigenvalue weighted by Gasteiger charge is 2.13. The molecular formula is C24H13ClOS. The fraction of sp³-hybridized carbons (Fsp3) is 0. The van der Waals surface area contributed by atoms with E-state index in [0.717, 1.165) is 27.0 Å². The molecule has 0 amide bonds. The van der Waals surface area contributed by atoms with Crippen LogP contribution in [0.2, 0.25) is 5.02 Å². The van der Waals surface area contributed by atoms with Gasteiger partial charge in [-0.25, -0.2) is 0 Å². The molecule has 0 bridgehead atoms. The molecule has 0 radical (unpaired) electrons. The second-order valence-corrected chi connectivity index (χ2v) is 8.25. The van der Waals surface area contributed by atoms with Gasteiger partial charge in [-0.05, 0) is 53.6 Å². The van der Waals surface area contributed by atoms with Crippen molar-refractivity contribution in [3.63, 3.8) is 0 Å². The minimum absolute atomic E-state index is 0.772. The molecule has 3 heteroatoms. The van der Waals surface area contributed by atoms with E-state index in [0.29, 0.717) is 0 Å². The number of fused-ring (bicyclic) bond motifs is 6. The lowest BCUT2D eigenvalue weighted by Crippen LogP contribution is -1.80. The lowest BCUT2D eigenvalue weighted by Gasteiger charge is -2.05. The maximum absolute atomic E-state index is 6.30. The molecule has 0 fully saturated rings. The Kier molecular flexibility index (Phi) is 3.16. The first-order chi connectivity index (χ1) is 13.3. The Morgan fingerprint density at radius 1 is 0.667 bits per heavy atom. The third-order valence-electron chi connectivity index (χ3n) is 5.14. The van der Waals surface area contributed by atoms with Gasteiger partial charge in [0.25, 0.3) is 0 Å². The van der Waals surface area contributed by atoms with E-state index in [9.17, 15) is 0 Å². The van der Waals surface area contributed by atoms with Crippen molar-refractivity contribution < 1.29 is 4.42 Å². The Morgan fingerprint density at radius 3 is 2.52 bits per heavy atom. The quantitative estimate of drug-likeness (QED) is 0.278. The van der Waals surface area contributed by atoms with Crippen molar-refractivity contribution in [2.24, 2.45) is 0 Å². The van der Waals surface area contributed by atoms with Gasteiger partial charge in [-0.3, -0.25) is 0 Å². The molecule has 0 N–H and O–H groups in total. The van der Waals surface area contributed by atoms with Gasteiger partial charge in [-0.15, -0.1) is 11.3 Å².